The minimum atomic E-state index is -1.16. The minimum absolute atomic E-state index is 0.0814. The van der Waals surface area contributed by atoms with E-state index in [1.807, 2.05) is 6.92 Å². The van der Waals surface area contributed by atoms with Gasteiger partial charge in [-0.2, -0.15) is 5.26 Å². The second-order valence-corrected chi connectivity index (χ2v) is 4.30. The van der Waals surface area contributed by atoms with Crippen molar-refractivity contribution in [2.75, 3.05) is 0 Å². The standard InChI is InChI=1S/C16H10F3N/c1-10-2-4-11(5-3-10)15(18)16(19)12-6-7-13(9-20)14(17)8-12/h2-8H,1H3. The van der Waals surface area contributed by atoms with Gasteiger partial charge in [-0.3, -0.25) is 0 Å². The number of benzene rings is 2. The summed E-state index contributed by atoms with van der Waals surface area (Å²) in [5, 5.41) is 8.59. The number of aryl methyl sites for hydroxylation is 1. The first kappa shape index (κ1) is 13.9. The van der Waals surface area contributed by atoms with Gasteiger partial charge in [0.1, 0.15) is 11.9 Å². The molecule has 0 aliphatic rings. The van der Waals surface area contributed by atoms with E-state index in [0.717, 1.165) is 17.7 Å². The van der Waals surface area contributed by atoms with Crippen LogP contribution < -0.4 is 0 Å². The molecule has 0 unspecified atom stereocenters. The summed E-state index contributed by atoms with van der Waals surface area (Å²) >= 11 is 0. The fourth-order valence-corrected chi connectivity index (χ4v) is 1.70. The molecule has 100 valence electrons. The van der Waals surface area contributed by atoms with Crippen LogP contribution in [0.2, 0.25) is 0 Å². The summed E-state index contributed by atoms with van der Waals surface area (Å²) in [6, 6.07) is 10.9. The van der Waals surface area contributed by atoms with Crippen LogP contribution in [0.5, 0.6) is 0 Å². The van der Waals surface area contributed by atoms with Crippen molar-refractivity contribution in [3.8, 4) is 6.07 Å². The van der Waals surface area contributed by atoms with E-state index >= 15 is 0 Å². The highest BCUT2D eigenvalue weighted by atomic mass is 19.2. The maximum absolute atomic E-state index is 14.0. The molecular formula is C16H10F3N. The van der Waals surface area contributed by atoms with Gasteiger partial charge < -0.3 is 0 Å². The van der Waals surface area contributed by atoms with Crippen molar-refractivity contribution < 1.29 is 13.2 Å². The van der Waals surface area contributed by atoms with Crippen LogP contribution in [0.25, 0.3) is 11.7 Å². The molecule has 4 heteroatoms. The number of hydrogen-bond donors (Lipinski definition) is 0. The maximum atomic E-state index is 14.0. The highest BCUT2D eigenvalue weighted by Crippen LogP contribution is 2.29. The molecule has 0 atom stereocenters. The van der Waals surface area contributed by atoms with Crippen LogP contribution in [0, 0.1) is 24.1 Å². The average molecular weight is 273 g/mol. The monoisotopic (exact) mass is 273 g/mol. The largest absolute Gasteiger partial charge is 0.206 e. The third-order valence-electron chi connectivity index (χ3n) is 2.84. The molecule has 0 radical (unpaired) electrons. The zero-order valence-corrected chi connectivity index (χ0v) is 10.6. The van der Waals surface area contributed by atoms with Crippen molar-refractivity contribution in [2.45, 2.75) is 6.92 Å². The van der Waals surface area contributed by atoms with E-state index in [-0.39, 0.29) is 16.7 Å². The average Bonchev–Trinajstić information content (AvgIpc) is 2.46. The van der Waals surface area contributed by atoms with Crippen LogP contribution in [0.3, 0.4) is 0 Å². The molecule has 0 aliphatic heterocycles. The summed E-state index contributed by atoms with van der Waals surface area (Å²) < 4.78 is 41.4. The number of nitriles is 1. The molecule has 2 rings (SSSR count). The first-order valence-electron chi connectivity index (χ1n) is 5.85. The van der Waals surface area contributed by atoms with Crippen molar-refractivity contribution in [1.29, 1.82) is 5.26 Å². The predicted molar refractivity (Wildman–Crippen MR) is 71.3 cm³/mol. The molecule has 0 aromatic heterocycles. The van der Waals surface area contributed by atoms with E-state index in [1.54, 1.807) is 18.2 Å². The summed E-state index contributed by atoms with van der Waals surface area (Å²) in [5.74, 6) is -3.09. The predicted octanol–water partition coefficient (Wildman–Crippen LogP) is 4.77. The van der Waals surface area contributed by atoms with Crippen molar-refractivity contribution in [1.82, 2.24) is 0 Å². The lowest BCUT2D eigenvalue weighted by atomic mass is 10.1. The molecule has 2 aromatic rings. The second kappa shape index (κ2) is 5.62. The van der Waals surface area contributed by atoms with Gasteiger partial charge in [-0.15, -0.1) is 0 Å². The quantitative estimate of drug-likeness (QED) is 0.723. The molecule has 0 saturated carbocycles. The summed E-state index contributed by atoms with van der Waals surface area (Å²) in [7, 11) is 0. The van der Waals surface area contributed by atoms with E-state index in [1.165, 1.54) is 18.2 Å². The normalized spacial score (nSPS) is 11.8. The zero-order valence-electron chi connectivity index (χ0n) is 10.6. The maximum Gasteiger partial charge on any atom is 0.166 e. The van der Waals surface area contributed by atoms with Crippen molar-refractivity contribution in [3.63, 3.8) is 0 Å². The van der Waals surface area contributed by atoms with E-state index in [4.69, 9.17) is 5.26 Å². The number of halogens is 3. The molecular weight excluding hydrogens is 263 g/mol. The lowest BCUT2D eigenvalue weighted by Crippen LogP contribution is -1.89. The van der Waals surface area contributed by atoms with Crippen molar-refractivity contribution in [2.24, 2.45) is 0 Å². The van der Waals surface area contributed by atoms with Crippen LogP contribution in [-0.4, -0.2) is 0 Å². The Morgan fingerprint density at radius 3 is 2.05 bits per heavy atom. The SMILES string of the molecule is Cc1ccc(C(F)=C(F)c2ccc(C#N)c(F)c2)cc1. The van der Waals surface area contributed by atoms with E-state index in [9.17, 15) is 13.2 Å². The van der Waals surface area contributed by atoms with Crippen LogP contribution in [0.1, 0.15) is 22.3 Å². The number of rotatable bonds is 2. The minimum Gasteiger partial charge on any atom is -0.206 e. The molecule has 0 amide bonds. The Morgan fingerprint density at radius 2 is 1.50 bits per heavy atom. The molecule has 0 N–H and O–H groups in total. The van der Waals surface area contributed by atoms with Crippen LogP contribution in [0.4, 0.5) is 13.2 Å². The third kappa shape index (κ3) is 2.72. The zero-order chi connectivity index (χ0) is 14.7. The van der Waals surface area contributed by atoms with Gasteiger partial charge in [-0.1, -0.05) is 35.9 Å². The lowest BCUT2D eigenvalue weighted by molar-refractivity contribution is 0.621. The third-order valence-corrected chi connectivity index (χ3v) is 2.84. The molecule has 0 spiro atoms. The van der Waals surface area contributed by atoms with Crippen molar-refractivity contribution >= 4 is 11.7 Å². The van der Waals surface area contributed by atoms with Gasteiger partial charge in [-0.25, -0.2) is 13.2 Å². The van der Waals surface area contributed by atoms with Gasteiger partial charge in [0.15, 0.2) is 11.7 Å². The highest BCUT2D eigenvalue weighted by molar-refractivity contribution is 5.83. The van der Waals surface area contributed by atoms with Crippen LogP contribution in [0.15, 0.2) is 42.5 Å². The smallest absolute Gasteiger partial charge is 0.166 e. The van der Waals surface area contributed by atoms with Gasteiger partial charge in [0, 0.05) is 11.1 Å². The summed E-state index contributed by atoms with van der Waals surface area (Å²) in [6.45, 7) is 1.83. The number of nitrogens with zero attached hydrogens (tertiary/aromatic N) is 1. The van der Waals surface area contributed by atoms with Crippen LogP contribution in [-0.2, 0) is 0 Å². The fourth-order valence-electron chi connectivity index (χ4n) is 1.70. The Hall–Kier alpha value is -2.54. The molecule has 0 fully saturated rings. The molecule has 0 heterocycles. The first-order valence-corrected chi connectivity index (χ1v) is 5.85. The van der Waals surface area contributed by atoms with Crippen LogP contribution >= 0.6 is 0 Å². The Balaban J connectivity index is 2.45. The molecule has 0 saturated heterocycles. The summed E-state index contributed by atoms with van der Waals surface area (Å²) in [5.41, 5.74) is 0.557. The summed E-state index contributed by atoms with van der Waals surface area (Å²) in [6.07, 6.45) is 0. The Morgan fingerprint density at radius 1 is 0.950 bits per heavy atom. The van der Waals surface area contributed by atoms with Gasteiger partial charge >= 0.3 is 0 Å². The van der Waals surface area contributed by atoms with Gasteiger partial charge in [0.25, 0.3) is 0 Å². The molecule has 1 nitrogen and oxygen atoms in total. The Labute approximate surface area is 114 Å². The lowest BCUT2D eigenvalue weighted by Gasteiger charge is -2.03. The van der Waals surface area contributed by atoms with E-state index in [0.29, 0.717) is 0 Å². The second-order valence-electron chi connectivity index (χ2n) is 4.30. The van der Waals surface area contributed by atoms with Gasteiger partial charge in [0.2, 0.25) is 0 Å². The number of hydrogen-bond acceptors (Lipinski definition) is 1. The van der Waals surface area contributed by atoms with Gasteiger partial charge in [0.05, 0.1) is 5.56 Å². The Bertz CT molecular complexity index is 709. The topological polar surface area (TPSA) is 23.8 Å². The fraction of sp³-hybridized carbons (Fsp3) is 0.0625. The summed E-state index contributed by atoms with van der Waals surface area (Å²) in [4.78, 5) is 0. The highest BCUT2D eigenvalue weighted by Gasteiger charge is 2.13. The van der Waals surface area contributed by atoms with E-state index < -0.39 is 17.5 Å². The molecule has 0 bridgehead atoms. The first-order chi connectivity index (χ1) is 9.52. The molecule has 2 aromatic carbocycles. The van der Waals surface area contributed by atoms with Gasteiger partial charge in [-0.05, 0) is 19.1 Å². The Kier molecular flexibility index (Phi) is 3.90. The van der Waals surface area contributed by atoms with E-state index in [2.05, 4.69) is 0 Å². The molecule has 20 heavy (non-hydrogen) atoms. The molecule has 0 aliphatic carbocycles. The van der Waals surface area contributed by atoms with Crippen molar-refractivity contribution in [3.05, 3.63) is 70.5 Å².